The maximum absolute atomic E-state index is 13.8. The van der Waals surface area contributed by atoms with Gasteiger partial charge in [0.2, 0.25) is 0 Å². The topological polar surface area (TPSA) is 46.9 Å². The van der Waals surface area contributed by atoms with Crippen LogP contribution in [0.25, 0.3) is 10.4 Å². The van der Waals surface area contributed by atoms with Gasteiger partial charge in [-0.3, -0.25) is 4.79 Å². The molecule has 0 spiro atoms. The van der Waals surface area contributed by atoms with Crippen molar-refractivity contribution in [2.45, 2.75) is 19.9 Å². The number of hydrogen-bond donors (Lipinski definition) is 1. The number of amides is 1. The molecule has 2 aromatic heterocycles. The predicted molar refractivity (Wildman–Crippen MR) is 93.6 cm³/mol. The third-order valence-corrected chi connectivity index (χ3v) is 4.87. The molecule has 0 atom stereocenters. The van der Waals surface area contributed by atoms with Crippen LogP contribution in [0.5, 0.6) is 0 Å². The zero-order valence-corrected chi connectivity index (χ0v) is 14.1. The lowest BCUT2D eigenvalue weighted by atomic mass is 10.2. The SMILES string of the molecule is Cc1nccn1CCCNC(=O)c1ccc(-c2ccccc2F)s1. The van der Waals surface area contributed by atoms with E-state index in [4.69, 9.17) is 0 Å². The molecule has 4 nitrogen and oxygen atoms in total. The summed E-state index contributed by atoms with van der Waals surface area (Å²) in [5.41, 5.74) is 0.525. The second kappa shape index (κ2) is 7.40. The lowest BCUT2D eigenvalue weighted by Crippen LogP contribution is -2.24. The Balaban J connectivity index is 1.54. The van der Waals surface area contributed by atoms with Gasteiger partial charge in [0.15, 0.2) is 0 Å². The number of halogens is 1. The number of hydrogen-bond acceptors (Lipinski definition) is 3. The van der Waals surface area contributed by atoms with E-state index in [-0.39, 0.29) is 11.7 Å². The van der Waals surface area contributed by atoms with Crippen LogP contribution in [0.1, 0.15) is 21.9 Å². The highest BCUT2D eigenvalue weighted by molar-refractivity contribution is 7.17. The number of rotatable bonds is 6. The summed E-state index contributed by atoms with van der Waals surface area (Å²) < 4.78 is 15.8. The van der Waals surface area contributed by atoms with E-state index in [1.165, 1.54) is 17.4 Å². The van der Waals surface area contributed by atoms with Gasteiger partial charge in [-0.05, 0) is 31.5 Å². The van der Waals surface area contributed by atoms with Crippen molar-refractivity contribution in [1.82, 2.24) is 14.9 Å². The van der Waals surface area contributed by atoms with Crippen molar-refractivity contribution in [1.29, 1.82) is 0 Å². The van der Waals surface area contributed by atoms with Gasteiger partial charge in [-0.1, -0.05) is 18.2 Å². The van der Waals surface area contributed by atoms with Crippen LogP contribution in [0.2, 0.25) is 0 Å². The lowest BCUT2D eigenvalue weighted by molar-refractivity contribution is 0.0957. The molecule has 0 aliphatic rings. The van der Waals surface area contributed by atoms with Crippen LogP contribution in [-0.2, 0) is 6.54 Å². The van der Waals surface area contributed by atoms with Crippen molar-refractivity contribution in [3.05, 3.63) is 65.3 Å². The quantitative estimate of drug-likeness (QED) is 0.691. The van der Waals surface area contributed by atoms with Gasteiger partial charge >= 0.3 is 0 Å². The third-order valence-electron chi connectivity index (χ3n) is 3.75. The molecule has 0 saturated heterocycles. The van der Waals surface area contributed by atoms with E-state index in [2.05, 4.69) is 10.3 Å². The molecule has 3 aromatic rings. The van der Waals surface area contributed by atoms with E-state index < -0.39 is 0 Å². The first-order valence-corrected chi connectivity index (χ1v) is 8.57. The van der Waals surface area contributed by atoms with Crippen molar-refractivity contribution >= 4 is 17.2 Å². The van der Waals surface area contributed by atoms with Crippen LogP contribution >= 0.6 is 11.3 Å². The second-order valence-electron chi connectivity index (χ2n) is 5.42. The molecule has 0 unspecified atom stereocenters. The van der Waals surface area contributed by atoms with Gasteiger partial charge in [-0.2, -0.15) is 0 Å². The third kappa shape index (κ3) is 3.71. The number of thiophene rings is 1. The molecule has 0 saturated carbocycles. The molecule has 1 aromatic carbocycles. The molecule has 1 amide bonds. The molecule has 6 heteroatoms. The number of carbonyl (C=O) groups excluding carboxylic acids is 1. The number of aryl methyl sites for hydroxylation is 2. The van der Waals surface area contributed by atoms with Crippen molar-refractivity contribution in [3.8, 4) is 10.4 Å². The normalized spacial score (nSPS) is 10.8. The zero-order valence-electron chi connectivity index (χ0n) is 13.3. The summed E-state index contributed by atoms with van der Waals surface area (Å²) in [4.78, 5) is 17.7. The van der Waals surface area contributed by atoms with Gasteiger partial charge in [-0.25, -0.2) is 9.37 Å². The summed E-state index contributed by atoms with van der Waals surface area (Å²) in [6.45, 7) is 3.36. The number of nitrogens with one attached hydrogen (secondary N) is 1. The van der Waals surface area contributed by atoms with E-state index in [0.717, 1.165) is 23.7 Å². The number of nitrogens with zero attached hydrogens (tertiary/aromatic N) is 2. The van der Waals surface area contributed by atoms with Gasteiger partial charge in [0, 0.05) is 35.9 Å². The molecule has 0 aliphatic heterocycles. The van der Waals surface area contributed by atoms with Crippen LogP contribution in [0, 0.1) is 12.7 Å². The first-order chi connectivity index (χ1) is 11.6. The fourth-order valence-corrected chi connectivity index (χ4v) is 3.39. The molecule has 124 valence electrons. The van der Waals surface area contributed by atoms with Gasteiger partial charge in [0.1, 0.15) is 11.6 Å². The molecule has 0 aliphatic carbocycles. The lowest BCUT2D eigenvalue weighted by Gasteiger charge is -2.06. The van der Waals surface area contributed by atoms with Crippen LogP contribution in [0.15, 0.2) is 48.8 Å². The summed E-state index contributed by atoms with van der Waals surface area (Å²) in [6, 6.07) is 10.1. The molecular weight excluding hydrogens is 325 g/mol. The summed E-state index contributed by atoms with van der Waals surface area (Å²) in [6.07, 6.45) is 4.52. The van der Waals surface area contributed by atoms with Crippen molar-refractivity contribution < 1.29 is 9.18 Å². The molecule has 0 radical (unpaired) electrons. The standard InChI is InChI=1S/C18H18FN3OS/c1-13-20-10-12-22(13)11-4-9-21-18(23)17-8-7-16(24-17)14-5-2-3-6-15(14)19/h2-3,5-8,10,12H,4,9,11H2,1H3,(H,21,23). The zero-order chi connectivity index (χ0) is 16.9. The Kier molecular flexibility index (Phi) is 5.05. The Morgan fingerprint density at radius 3 is 2.88 bits per heavy atom. The molecule has 0 fully saturated rings. The minimum atomic E-state index is -0.276. The Morgan fingerprint density at radius 1 is 1.29 bits per heavy atom. The first kappa shape index (κ1) is 16.4. The Bertz CT molecular complexity index is 840. The number of imidazole rings is 1. The average Bonchev–Trinajstić information content (AvgIpc) is 3.21. The van der Waals surface area contributed by atoms with E-state index in [0.29, 0.717) is 17.0 Å². The summed E-state index contributed by atoms with van der Waals surface area (Å²) in [7, 11) is 0. The van der Waals surface area contributed by atoms with E-state index >= 15 is 0 Å². The summed E-state index contributed by atoms with van der Waals surface area (Å²) in [5, 5.41) is 2.90. The van der Waals surface area contributed by atoms with E-state index in [9.17, 15) is 9.18 Å². The van der Waals surface area contributed by atoms with E-state index in [1.807, 2.05) is 17.7 Å². The predicted octanol–water partition coefficient (Wildman–Crippen LogP) is 3.88. The maximum atomic E-state index is 13.8. The minimum Gasteiger partial charge on any atom is -0.351 e. The highest BCUT2D eigenvalue weighted by atomic mass is 32.1. The molecule has 0 bridgehead atoms. The summed E-state index contributed by atoms with van der Waals surface area (Å²) >= 11 is 1.30. The molecule has 3 rings (SSSR count). The Morgan fingerprint density at radius 2 is 2.12 bits per heavy atom. The highest BCUT2D eigenvalue weighted by Crippen LogP contribution is 2.29. The fraction of sp³-hybridized carbons (Fsp3) is 0.222. The molecule has 1 N–H and O–H groups in total. The molecular formula is C18H18FN3OS. The smallest absolute Gasteiger partial charge is 0.261 e. The van der Waals surface area contributed by atoms with Gasteiger partial charge < -0.3 is 9.88 Å². The fourth-order valence-electron chi connectivity index (χ4n) is 2.44. The number of aromatic nitrogens is 2. The summed E-state index contributed by atoms with van der Waals surface area (Å²) in [5.74, 6) is 0.570. The first-order valence-electron chi connectivity index (χ1n) is 7.76. The number of benzene rings is 1. The van der Waals surface area contributed by atoms with E-state index in [1.54, 1.807) is 36.5 Å². The van der Waals surface area contributed by atoms with Crippen LogP contribution in [-0.4, -0.2) is 22.0 Å². The average molecular weight is 343 g/mol. The van der Waals surface area contributed by atoms with Crippen LogP contribution in [0.3, 0.4) is 0 Å². The second-order valence-corrected chi connectivity index (χ2v) is 6.50. The molecule has 2 heterocycles. The van der Waals surface area contributed by atoms with Gasteiger partial charge in [-0.15, -0.1) is 11.3 Å². The van der Waals surface area contributed by atoms with Crippen molar-refractivity contribution in [2.75, 3.05) is 6.54 Å². The number of carbonyl (C=O) groups is 1. The largest absolute Gasteiger partial charge is 0.351 e. The maximum Gasteiger partial charge on any atom is 0.261 e. The minimum absolute atomic E-state index is 0.120. The monoisotopic (exact) mass is 343 g/mol. The van der Waals surface area contributed by atoms with Crippen molar-refractivity contribution in [3.63, 3.8) is 0 Å². The van der Waals surface area contributed by atoms with Crippen LogP contribution in [0.4, 0.5) is 4.39 Å². The Hall–Kier alpha value is -2.47. The van der Waals surface area contributed by atoms with Gasteiger partial charge in [0.05, 0.1) is 4.88 Å². The Labute approximate surface area is 144 Å². The highest BCUT2D eigenvalue weighted by Gasteiger charge is 2.12. The molecule has 24 heavy (non-hydrogen) atoms. The van der Waals surface area contributed by atoms with Crippen molar-refractivity contribution in [2.24, 2.45) is 0 Å². The van der Waals surface area contributed by atoms with Gasteiger partial charge in [0.25, 0.3) is 5.91 Å². The van der Waals surface area contributed by atoms with Crippen LogP contribution < -0.4 is 5.32 Å².